The molecule has 1 aromatic carbocycles. The molecule has 0 atom stereocenters. The maximum absolute atomic E-state index is 15.8. The molecule has 15 heteroatoms. The summed E-state index contributed by atoms with van der Waals surface area (Å²) in [6.07, 6.45) is -0.348. The molecule has 2 fully saturated rings. The Morgan fingerprint density at radius 1 is 1.07 bits per heavy atom. The van der Waals surface area contributed by atoms with E-state index >= 15 is 4.39 Å². The topological polar surface area (TPSA) is 133 Å². The number of halogens is 3. The van der Waals surface area contributed by atoms with Gasteiger partial charge in [-0.05, 0) is 76.4 Å². The second-order valence-corrected chi connectivity index (χ2v) is 12.2. The van der Waals surface area contributed by atoms with Crippen LogP contribution in [-0.2, 0) is 11.3 Å². The molecule has 4 aromatic rings. The van der Waals surface area contributed by atoms with Gasteiger partial charge >= 0.3 is 18.3 Å². The second kappa shape index (κ2) is 12.1. The minimum absolute atomic E-state index is 0.0182. The zero-order valence-corrected chi connectivity index (χ0v) is 25.0. The van der Waals surface area contributed by atoms with E-state index in [2.05, 4.69) is 25.2 Å². The maximum Gasteiger partial charge on any atom is 0.437 e. The van der Waals surface area contributed by atoms with Gasteiger partial charge in [0.15, 0.2) is 0 Å². The summed E-state index contributed by atoms with van der Waals surface area (Å²) in [5.41, 5.74) is 0.839. The molecule has 0 aliphatic carbocycles. The van der Waals surface area contributed by atoms with E-state index in [9.17, 15) is 18.4 Å². The highest BCUT2D eigenvalue weighted by atomic mass is 19.3. The average molecular weight is 628 g/mol. The lowest BCUT2D eigenvalue weighted by atomic mass is 9.87. The number of piperidine rings is 1. The molecular weight excluding hydrogens is 595 g/mol. The van der Waals surface area contributed by atoms with Gasteiger partial charge in [-0.3, -0.25) is 9.88 Å². The van der Waals surface area contributed by atoms with E-state index in [-0.39, 0.29) is 41.9 Å². The fourth-order valence-electron chi connectivity index (χ4n) is 5.52. The largest absolute Gasteiger partial charge is 0.444 e. The van der Waals surface area contributed by atoms with E-state index in [1.807, 2.05) is 20.8 Å². The van der Waals surface area contributed by atoms with E-state index in [4.69, 9.17) is 13.6 Å². The van der Waals surface area contributed by atoms with Crippen LogP contribution < -0.4 is 5.76 Å². The van der Waals surface area contributed by atoms with Crippen molar-refractivity contribution in [3.63, 3.8) is 0 Å². The number of likely N-dealkylation sites (tertiary alicyclic amines) is 2. The monoisotopic (exact) mass is 627 g/mol. The molecule has 3 aromatic heterocycles. The Hall–Kier alpha value is -4.53. The molecule has 0 bridgehead atoms. The summed E-state index contributed by atoms with van der Waals surface area (Å²) in [6.45, 7) is 8.25. The Morgan fingerprint density at radius 2 is 1.82 bits per heavy atom. The third-order valence-corrected chi connectivity index (χ3v) is 7.88. The molecule has 0 unspecified atom stereocenters. The van der Waals surface area contributed by atoms with Crippen LogP contribution in [-0.4, -0.2) is 78.7 Å². The number of ether oxygens (including phenoxy) is 1. The molecule has 12 nitrogen and oxygen atoms in total. The van der Waals surface area contributed by atoms with Gasteiger partial charge in [0.05, 0.1) is 23.4 Å². The van der Waals surface area contributed by atoms with Crippen molar-refractivity contribution in [2.75, 3.05) is 26.2 Å². The van der Waals surface area contributed by atoms with Crippen LogP contribution in [0.1, 0.15) is 63.1 Å². The van der Waals surface area contributed by atoms with E-state index in [0.29, 0.717) is 29.9 Å². The molecular formula is C30H32F3N7O5. The lowest BCUT2D eigenvalue weighted by Gasteiger charge is -2.47. The van der Waals surface area contributed by atoms with Gasteiger partial charge < -0.3 is 18.5 Å². The number of aromatic nitrogens is 5. The van der Waals surface area contributed by atoms with Gasteiger partial charge in [0.2, 0.25) is 5.89 Å². The second-order valence-electron chi connectivity index (χ2n) is 12.2. The number of benzene rings is 1. The van der Waals surface area contributed by atoms with E-state index in [0.717, 1.165) is 30.6 Å². The van der Waals surface area contributed by atoms with Crippen LogP contribution in [0.3, 0.4) is 0 Å². The number of hydrogen-bond donors (Lipinski definition) is 0. The number of carbonyl (C=O) groups excluding carboxylic acids is 1. The third-order valence-electron chi connectivity index (χ3n) is 7.88. The summed E-state index contributed by atoms with van der Waals surface area (Å²) in [4.78, 5) is 33.1. The summed E-state index contributed by atoms with van der Waals surface area (Å²) < 4.78 is 58.0. The smallest absolute Gasteiger partial charge is 0.437 e. The standard InChI is InChI=1S/C30H32F3N7O5/c1-30(2,3)45-28(41)39-15-20(16-39)38-11-9-17(10-12-38)21-5-4-6-22(23(21)31)26-37-40(29(42)44-26)14-19-8-7-18(13-34-19)25-35-36-27(43-25)24(32)33/h4-8,13,17,20,24H,9-12,14-16H2,1-3H3. The molecule has 238 valence electrons. The first-order chi connectivity index (χ1) is 21.4. The number of rotatable bonds is 7. The predicted octanol–water partition coefficient (Wildman–Crippen LogP) is 4.87. The van der Waals surface area contributed by atoms with Gasteiger partial charge in [0.1, 0.15) is 11.4 Å². The Balaban J connectivity index is 1.08. The maximum atomic E-state index is 15.8. The molecule has 0 spiro atoms. The van der Waals surface area contributed by atoms with Crippen LogP contribution in [0.15, 0.2) is 50.2 Å². The first-order valence-electron chi connectivity index (χ1n) is 14.6. The molecule has 1 amide bonds. The van der Waals surface area contributed by atoms with Crippen molar-refractivity contribution in [1.29, 1.82) is 0 Å². The Labute approximate surface area is 255 Å². The Kier molecular flexibility index (Phi) is 8.20. The van der Waals surface area contributed by atoms with Crippen LogP contribution in [0.5, 0.6) is 0 Å². The zero-order chi connectivity index (χ0) is 31.9. The molecule has 2 aliphatic rings. The fourth-order valence-corrected chi connectivity index (χ4v) is 5.52. The van der Waals surface area contributed by atoms with Crippen LogP contribution in [0.4, 0.5) is 18.0 Å². The highest BCUT2D eigenvalue weighted by Crippen LogP contribution is 2.35. The fraction of sp³-hybridized carbons (Fsp3) is 0.467. The van der Waals surface area contributed by atoms with Crippen molar-refractivity contribution in [2.24, 2.45) is 0 Å². The molecule has 45 heavy (non-hydrogen) atoms. The zero-order valence-electron chi connectivity index (χ0n) is 25.0. The Bertz CT molecular complexity index is 1720. The van der Waals surface area contributed by atoms with Crippen molar-refractivity contribution in [3.8, 4) is 22.9 Å². The number of pyridine rings is 1. The minimum atomic E-state index is -2.89. The lowest BCUT2D eigenvalue weighted by Crippen LogP contribution is -2.62. The van der Waals surface area contributed by atoms with Crippen molar-refractivity contribution >= 4 is 6.09 Å². The predicted molar refractivity (Wildman–Crippen MR) is 153 cm³/mol. The van der Waals surface area contributed by atoms with Gasteiger partial charge in [-0.1, -0.05) is 12.1 Å². The number of nitrogens with zero attached hydrogens (tertiary/aromatic N) is 7. The van der Waals surface area contributed by atoms with Crippen LogP contribution in [0.2, 0.25) is 0 Å². The molecule has 0 radical (unpaired) electrons. The first kappa shape index (κ1) is 30.5. The highest BCUT2D eigenvalue weighted by molar-refractivity contribution is 5.69. The van der Waals surface area contributed by atoms with Gasteiger partial charge in [0, 0.05) is 25.3 Å². The van der Waals surface area contributed by atoms with E-state index in [1.165, 1.54) is 18.3 Å². The SMILES string of the molecule is CC(C)(C)OC(=O)N1CC(N2CCC(c3cccc(-c4nn(Cc5ccc(-c6nnc(C(F)F)o6)cn5)c(=O)o4)c3F)CC2)C1. The summed E-state index contributed by atoms with van der Waals surface area (Å²) in [5.74, 6) is -2.33. The van der Waals surface area contributed by atoms with Gasteiger partial charge in [-0.15, -0.1) is 15.3 Å². The number of hydrogen-bond acceptors (Lipinski definition) is 10. The molecule has 2 aliphatic heterocycles. The lowest BCUT2D eigenvalue weighted by molar-refractivity contribution is -0.0197. The average Bonchev–Trinajstić information content (AvgIpc) is 3.60. The van der Waals surface area contributed by atoms with E-state index in [1.54, 1.807) is 23.1 Å². The number of alkyl halides is 2. The van der Waals surface area contributed by atoms with Crippen molar-refractivity contribution in [3.05, 3.63) is 70.0 Å². The first-order valence-corrected chi connectivity index (χ1v) is 14.6. The molecule has 2 saturated heterocycles. The Morgan fingerprint density at radius 3 is 2.47 bits per heavy atom. The number of amides is 1. The number of carbonyl (C=O) groups is 1. The normalized spacial score (nSPS) is 16.7. The van der Waals surface area contributed by atoms with Crippen LogP contribution in [0, 0.1) is 5.82 Å². The highest BCUT2D eigenvalue weighted by Gasteiger charge is 2.38. The van der Waals surface area contributed by atoms with Gasteiger partial charge in [0.25, 0.3) is 11.8 Å². The van der Waals surface area contributed by atoms with E-state index < -0.39 is 29.5 Å². The van der Waals surface area contributed by atoms with Crippen LogP contribution in [0.25, 0.3) is 22.9 Å². The van der Waals surface area contributed by atoms with Gasteiger partial charge in [-0.25, -0.2) is 14.0 Å². The molecule has 5 heterocycles. The summed E-state index contributed by atoms with van der Waals surface area (Å²) in [7, 11) is 0. The van der Waals surface area contributed by atoms with Crippen LogP contribution >= 0.6 is 0 Å². The summed E-state index contributed by atoms with van der Waals surface area (Å²) in [5, 5.41) is 11.1. The van der Waals surface area contributed by atoms with Gasteiger partial charge in [-0.2, -0.15) is 13.5 Å². The molecule has 0 N–H and O–H groups in total. The quantitative estimate of drug-likeness (QED) is 0.279. The summed E-state index contributed by atoms with van der Waals surface area (Å²) >= 11 is 0. The van der Waals surface area contributed by atoms with Crippen molar-refractivity contribution in [2.45, 2.75) is 64.1 Å². The third kappa shape index (κ3) is 6.62. The van der Waals surface area contributed by atoms with Crippen molar-refractivity contribution < 1.29 is 31.5 Å². The van der Waals surface area contributed by atoms with Crippen molar-refractivity contribution in [1.82, 2.24) is 34.8 Å². The summed E-state index contributed by atoms with van der Waals surface area (Å²) in [6, 6.07) is 8.34. The molecule has 0 saturated carbocycles. The minimum Gasteiger partial charge on any atom is -0.444 e. The molecule has 6 rings (SSSR count).